The predicted molar refractivity (Wildman–Crippen MR) is 80.7 cm³/mol. The second-order valence-corrected chi connectivity index (χ2v) is 6.01. The van der Waals surface area contributed by atoms with Crippen LogP contribution in [-0.2, 0) is 4.74 Å². The van der Waals surface area contributed by atoms with Crippen molar-refractivity contribution in [2.75, 3.05) is 38.3 Å². The predicted octanol–water partition coefficient (Wildman–Crippen LogP) is 2.50. The molecule has 3 nitrogen and oxygen atoms in total. The maximum Gasteiger partial charge on any atom is 0.0551 e. The molecule has 0 saturated carbocycles. The van der Waals surface area contributed by atoms with Gasteiger partial charge in [-0.1, -0.05) is 17.7 Å². The zero-order valence-electron chi connectivity index (χ0n) is 12.4. The summed E-state index contributed by atoms with van der Waals surface area (Å²) >= 11 is 0. The zero-order valence-corrected chi connectivity index (χ0v) is 12.4. The zero-order chi connectivity index (χ0) is 13.9. The minimum absolute atomic E-state index is 0.115. The second-order valence-electron chi connectivity index (χ2n) is 6.01. The molecule has 1 aromatic rings. The fourth-order valence-electron chi connectivity index (χ4n) is 3.08. The van der Waals surface area contributed by atoms with Gasteiger partial charge in [-0.2, -0.15) is 0 Å². The first-order valence-electron chi connectivity index (χ1n) is 7.12. The van der Waals surface area contributed by atoms with E-state index >= 15 is 0 Å². The van der Waals surface area contributed by atoms with Crippen molar-refractivity contribution in [2.24, 2.45) is 11.1 Å². The molecule has 1 heterocycles. The highest BCUT2D eigenvalue weighted by Gasteiger charge is 2.33. The number of nitrogens with two attached hydrogens (primary N) is 1. The van der Waals surface area contributed by atoms with Crippen molar-refractivity contribution in [3.63, 3.8) is 0 Å². The van der Waals surface area contributed by atoms with Crippen LogP contribution in [0.2, 0.25) is 0 Å². The van der Waals surface area contributed by atoms with Crippen LogP contribution >= 0.6 is 0 Å². The molecule has 1 aliphatic rings. The van der Waals surface area contributed by atoms with Crippen LogP contribution < -0.4 is 10.6 Å². The topological polar surface area (TPSA) is 38.5 Å². The van der Waals surface area contributed by atoms with E-state index in [1.807, 2.05) is 0 Å². The first-order chi connectivity index (χ1) is 9.06. The Bertz CT molecular complexity index is 425. The third kappa shape index (κ3) is 3.28. The second kappa shape index (κ2) is 5.93. The van der Waals surface area contributed by atoms with Gasteiger partial charge in [0.2, 0.25) is 0 Å². The summed E-state index contributed by atoms with van der Waals surface area (Å²) in [6.07, 6.45) is 2.29. The smallest absolute Gasteiger partial charge is 0.0551 e. The Labute approximate surface area is 116 Å². The van der Waals surface area contributed by atoms with E-state index in [1.54, 1.807) is 0 Å². The lowest BCUT2D eigenvalue weighted by Crippen LogP contribution is -2.47. The van der Waals surface area contributed by atoms with Gasteiger partial charge in [-0.05, 0) is 38.3 Å². The molecule has 0 aliphatic carbocycles. The van der Waals surface area contributed by atoms with Gasteiger partial charge in [0.15, 0.2) is 0 Å². The van der Waals surface area contributed by atoms with Gasteiger partial charge in [0.05, 0.1) is 6.61 Å². The van der Waals surface area contributed by atoms with Crippen LogP contribution in [0, 0.1) is 19.3 Å². The van der Waals surface area contributed by atoms with E-state index in [0.29, 0.717) is 6.54 Å². The van der Waals surface area contributed by atoms with Crippen molar-refractivity contribution in [3.8, 4) is 0 Å². The monoisotopic (exact) mass is 262 g/mol. The van der Waals surface area contributed by atoms with Crippen LogP contribution in [0.15, 0.2) is 18.2 Å². The molecule has 106 valence electrons. The van der Waals surface area contributed by atoms with Crippen molar-refractivity contribution in [2.45, 2.75) is 26.7 Å². The minimum Gasteiger partial charge on any atom is -0.381 e. The van der Waals surface area contributed by atoms with Gasteiger partial charge < -0.3 is 15.4 Å². The summed E-state index contributed by atoms with van der Waals surface area (Å²) in [7, 11) is 2.16. The molecule has 1 fully saturated rings. The number of ether oxygens (including phenoxy) is 1. The lowest BCUT2D eigenvalue weighted by atomic mass is 9.82. The highest BCUT2D eigenvalue weighted by Crippen LogP contribution is 2.31. The maximum atomic E-state index is 6.02. The summed E-state index contributed by atoms with van der Waals surface area (Å²) in [5.74, 6) is 0. The molecule has 0 radical (unpaired) electrons. The summed E-state index contributed by atoms with van der Waals surface area (Å²) in [6.45, 7) is 7.64. The van der Waals surface area contributed by atoms with E-state index < -0.39 is 0 Å². The molecule has 2 N–H and O–H groups in total. The van der Waals surface area contributed by atoms with E-state index in [4.69, 9.17) is 10.5 Å². The summed E-state index contributed by atoms with van der Waals surface area (Å²) < 4.78 is 5.66. The molecule has 1 aromatic carbocycles. The van der Waals surface area contributed by atoms with Crippen molar-refractivity contribution < 1.29 is 4.74 Å². The SMILES string of the molecule is Cc1ccc(N(C)CC2(CN)CCCOC2)c(C)c1. The molecule has 19 heavy (non-hydrogen) atoms. The van der Waals surface area contributed by atoms with Crippen LogP contribution in [0.4, 0.5) is 5.69 Å². The molecule has 1 aliphatic heterocycles. The molecule has 2 rings (SSSR count). The van der Waals surface area contributed by atoms with E-state index in [2.05, 4.69) is 44.0 Å². The number of hydrogen-bond donors (Lipinski definition) is 1. The van der Waals surface area contributed by atoms with Gasteiger partial charge in [-0.25, -0.2) is 0 Å². The maximum absolute atomic E-state index is 6.02. The van der Waals surface area contributed by atoms with Gasteiger partial charge in [-0.3, -0.25) is 0 Å². The Balaban J connectivity index is 2.12. The molecule has 0 bridgehead atoms. The molecular weight excluding hydrogens is 236 g/mol. The number of nitrogens with zero attached hydrogens (tertiary/aromatic N) is 1. The third-order valence-electron chi connectivity index (χ3n) is 4.17. The van der Waals surface area contributed by atoms with Gasteiger partial charge >= 0.3 is 0 Å². The lowest BCUT2D eigenvalue weighted by molar-refractivity contribution is 0.00169. The van der Waals surface area contributed by atoms with Crippen LogP contribution in [0.25, 0.3) is 0 Å². The quantitative estimate of drug-likeness (QED) is 0.906. The normalized spacial score (nSPS) is 23.4. The molecule has 0 aromatic heterocycles. The Morgan fingerprint density at radius 1 is 1.37 bits per heavy atom. The third-order valence-corrected chi connectivity index (χ3v) is 4.17. The number of benzene rings is 1. The van der Waals surface area contributed by atoms with Gasteiger partial charge in [0.1, 0.15) is 0 Å². The average molecular weight is 262 g/mol. The number of aryl methyl sites for hydroxylation is 2. The lowest BCUT2D eigenvalue weighted by Gasteiger charge is -2.40. The van der Waals surface area contributed by atoms with Crippen LogP contribution in [0.1, 0.15) is 24.0 Å². The highest BCUT2D eigenvalue weighted by atomic mass is 16.5. The standard InChI is InChI=1S/C16H26N2O/c1-13-5-6-15(14(2)9-13)18(3)11-16(10-17)7-4-8-19-12-16/h5-6,9H,4,7-8,10-12,17H2,1-3H3. The molecule has 0 spiro atoms. The average Bonchev–Trinajstić information content (AvgIpc) is 2.39. The molecule has 1 atom stereocenters. The van der Waals surface area contributed by atoms with Crippen LogP contribution in [0.5, 0.6) is 0 Å². The summed E-state index contributed by atoms with van der Waals surface area (Å²) in [4.78, 5) is 2.33. The van der Waals surface area contributed by atoms with Gasteiger partial charge in [0.25, 0.3) is 0 Å². The van der Waals surface area contributed by atoms with E-state index in [0.717, 1.165) is 26.2 Å². The molecule has 0 amide bonds. The van der Waals surface area contributed by atoms with E-state index in [-0.39, 0.29) is 5.41 Å². The van der Waals surface area contributed by atoms with Crippen molar-refractivity contribution >= 4 is 5.69 Å². The van der Waals surface area contributed by atoms with Crippen LogP contribution in [-0.4, -0.2) is 33.4 Å². The van der Waals surface area contributed by atoms with E-state index in [9.17, 15) is 0 Å². The first kappa shape index (κ1) is 14.4. The van der Waals surface area contributed by atoms with E-state index in [1.165, 1.54) is 23.2 Å². The first-order valence-corrected chi connectivity index (χ1v) is 7.12. The summed E-state index contributed by atoms with van der Waals surface area (Å²) in [5, 5.41) is 0. The van der Waals surface area contributed by atoms with Crippen molar-refractivity contribution in [3.05, 3.63) is 29.3 Å². The van der Waals surface area contributed by atoms with Crippen molar-refractivity contribution in [1.82, 2.24) is 0 Å². The Morgan fingerprint density at radius 2 is 2.16 bits per heavy atom. The fourth-order valence-corrected chi connectivity index (χ4v) is 3.08. The number of hydrogen-bond acceptors (Lipinski definition) is 3. The fraction of sp³-hybridized carbons (Fsp3) is 0.625. The number of anilines is 1. The Morgan fingerprint density at radius 3 is 2.74 bits per heavy atom. The molecule has 3 heteroatoms. The largest absolute Gasteiger partial charge is 0.381 e. The van der Waals surface area contributed by atoms with Crippen LogP contribution in [0.3, 0.4) is 0 Å². The Kier molecular flexibility index (Phi) is 4.48. The summed E-state index contributed by atoms with van der Waals surface area (Å²) in [6, 6.07) is 6.61. The summed E-state index contributed by atoms with van der Waals surface area (Å²) in [5.41, 5.74) is 10.1. The van der Waals surface area contributed by atoms with Gasteiger partial charge in [0, 0.05) is 37.8 Å². The highest BCUT2D eigenvalue weighted by molar-refractivity contribution is 5.54. The van der Waals surface area contributed by atoms with Crippen molar-refractivity contribution in [1.29, 1.82) is 0 Å². The molecule has 1 unspecified atom stereocenters. The minimum atomic E-state index is 0.115. The van der Waals surface area contributed by atoms with Gasteiger partial charge in [-0.15, -0.1) is 0 Å². The molecular formula is C16H26N2O. The number of rotatable bonds is 4. The Hall–Kier alpha value is -1.06. The molecule has 1 saturated heterocycles.